The zero-order valence-electron chi connectivity index (χ0n) is 15.6. The number of benzene rings is 1. The van der Waals surface area contributed by atoms with Crippen LogP contribution in [-0.4, -0.2) is 30.6 Å². The fourth-order valence-electron chi connectivity index (χ4n) is 3.52. The highest BCUT2D eigenvalue weighted by Gasteiger charge is 2.19. The standard InChI is InChI=1S/C21H36N2/c1-5-6-18(4)22-15-19-11-13-23(14-12-19)16-20-7-9-21(10-8-20)17(2)3/h7-10,17-19,22H,5-6,11-16H2,1-4H3. The van der Waals surface area contributed by atoms with E-state index in [1.807, 2.05) is 0 Å². The summed E-state index contributed by atoms with van der Waals surface area (Å²) in [6, 6.07) is 9.90. The highest BCUT2D eigenvalue weighted by atomic mass is 15.1. The van der Waals surface area contributed by atoms with E-state index in [-0.39, 0.29) is 0 Å². The molecular weight excluding hydrogens is 280 g/mol. The average Bonchev–Trinajstić information content (AvgIpc) is 2.55. The van der Waals surface area contributed by atoms with Crippen molar-refractivity contribution >= 4 is 0 Å². The Balaban J connectivity index is 1.70. The fourth-order valence-corrected chi connectivity index (χ4v) is 3.52. The molecule has 1 aromatic rings. The fraction of sp³-hybridized carbons (Fsp3) is 0.714. The molecule has 1 atom stereocenters. The van der Waals surface area contributed by atoms with Crippen molar-refractivity contribution in [1.29, 1.82) is 0 Å². The number of piperidine rings is 1. The quantitative estimate of drug-likeness (QED) is 0.741. The van der Waals surface area contributed by atoms with Crippen LogP contribution in [0.15, 0.2) is 24.3 Å². The highest BCUT2D eigenvalue weighted by Crippen LogP contribution is 2.20. The van der Waals surface area contributed by atoms with E-state index < -0.39 is 0 Å². The van der Waals surface area contributed by atoms with Crippen LogP contribution in [0.4, 0.5) is 0 Å². The smallest absolute Gasteiger partial charge is 0.0233 e. The Labute approximate surface area is 143 Å². The van der Waals surface area contributed by atoms with Gasteiger partial charge in [0.1, 0.15) is 0 Å². The maximum absolute atomic E-state index is 3.72. The van der Waals surface area contributed by atoms with Crippen LogP contribution in [0.5, 0.6) is 0 Å². The normalized spacial score (nSPS) is 18.5. The van der Waals surface area contributed by atoms with Gasteiger partial charge in [-0.2, -0.15) is 0 Å². The summed E-state index contributed by atoms with van der Waals surface area (Å²) in [5, 5.41) is 3.72. The largest absolute Gasteiger partial charge is 0.314 e. The van der Waals surface area contributed by atoms with Crippen molar-refractivity contribution in [2.45, 2.75) is 71.9 Å². The Morgan fingerprint density at radius 2 is 1.74 bits per heavy atom. The first kappa shape index (κ1) is 18.5. The molecule has 0 saturated carbocycles. The van der Waals surface area contributed by atoms with E-state index in [0.29, 0.717) is 12.0 Å². The molecule has 0 amide bonds. The highest BCUT2D eigenvalue weighted by molar-refractivity contribution is 5.24. The number of nitrogens with zero attached hydrogens (tertiary/aromatic N) is 1. The molecule has 23 heavy (non-hydrogen) atoms. The predicted octanol–water partition coefficient (Wildman–Crippen LogP) is 4.80. The van der Waals surface area contributed by atoms with E-state index in [0.717, 1.165) is 12.5 Å². The summed E-state index contributed by atoms with van der Waals surface area (Å²) >= 11 is 0. The van der Waals surface area contributed by atoms with Gasteiger partial charge in [-0.1, -0.05) is 51.5 Å². The van der Waals surface area contributed by atoms with E-state index >= 15 is 0 Å². The van der Waals surface area contributed by atoms with Gasteiger partial charge >= 0.3 is 0 Å². The first-order valence-electron chi connectivity index (χ1n) is 9.63. The summed E-state index contributed by atoms with van der Waals surface area (Å²) in [7, 11) is 0. The molecule has 1 aliphatic rings. The number of hydrogen-bond acceptors (Lipinski definition) is 2. The molecule has 1 aliphatic heterocycles. The number of rotatable bonds is 8. The van der Waals surface area contributed by atoms with Gasteiger partial charge in [0.15, 0.2) is 0 Å². The van der Waals surface area contributed by atoms with Gasteiger partial charge in [-0.25, -0.2) is 0 Å². The monoisotopic (exact) mass is 316 g/mol. The van der Waals surface area contributed by atoms with Crippen LogP contribution in [0.3, 0.4) is 0 Å². The molecule has 130 valence electrons. The maximum Gasteiger partial charge on any atom is 0.0233 e. The van der Waals surface area contributed by atoms with Gasteiger partial charge in [0, 0.05) is 12.6 Å². The molecule has 0 radical (unpaired) electrons. The van der Waals surface area contributed by atoms with E-state index in [2.05, 4.69) is 62.2 Å². The minimum atomic E-state index is 0.627. The van der Waals surface area contributed by atoms with Crippen molar-refractivity contribution in [3.8, 4) is 0 Å². The van der Waals surface area contributed by atoms with Crippen molar-refractivity contribution in [3.05, 3.63) is 35.4 Å². The minimum absolute atomic E-state index is 0.627. The Kier molecular flexibility index (Phi) is 7.58. The predicted molar refractivity (Wildman–Crippen MR) is 101 cm³/mol. The molecule has 2 heteroatoms. The van der Waals surface area contributed by atoms with Crippen LogP contribution < -0.4 is 5.32 Å². The van der Waals surface area contributed by atoms with Crippen molar-refractivity contribution in [3.63, 3.8) is 0 Å². The van der Waals surface area contributed by atoms with Crippen molar-refractivity contribution in [2.75, 3.05) is 19.6 Å². The van der Waals surface area contributed by atoms with Crippen molar-refractivity contribution < 1.29 is 0 Å². The molecule has 0 aliphatic carbocycles. The molecule has 0 spiro atoms. The summed E-state index contributed by atoms with van der Waals surface area (Å²) in [5.74, 6) is 1.50. The second kappa shape index (κ2) is 9.44. The summed E-state index contributed by atoms with van der Waals surface area (Å²) in [4.78, 5) is 2.62. The van der Waals surface area contributed by atoms with E-state index in [9.17, 15) is 0 Å². The average molecular weight is 317 g/mol. The minimum Gasteiger partial charge on any atom is -0.314 e. The Morgan fingerprint density at radius 1 is 1.09 bits per heavy atom. The van der Waals surface area contributed by atoms with Gasteiger partial charge in [-0.15, -0.1) is 0 Å². The Hall–Kier alpha value is -0.860. The Bertz CT molecular complexity index is 430. The summed E-state index contributed by atoms with van der Waals surface area (Å²) in [6.07, 6.45) is 5.26. The molecule has 1 saturated heterocycles. The number of likely N-dealkylation sites (tertiary alicyclic amines) is 1. The lowest BCUT2D eigenvalue weighted by Gasteiger charge is -2.32. The lowest BCUT2D eigenvalue weighted by atomic mass is 9.95. The SMILES string of the molecule is CCCC(C)NCC1CCN(Cc2ccc(C(C)C)cc2)CC1. The summed E-state index contributed by atoms with van der Waals surface area (Å²) in [6.45, 7) is 13.9. The van der Waals surface area contributed by atoms with Crippen molar-refractivity contribution in [1.82, 2.24) is 10.2 Å². The van der Waals surface area contributed by atoms with Gasteiger partial charge in [0.05, 0.1) is 0 Å². The zero-order chi connectivity index (χ0) is 16.7. The zero-order valence-corrected chi connectivity index (χ0v) is 15.6. The van der Waals surface area contributed by atoms with Crippen LogP contribution in [0.1, 0.15) is 70.4 Å². The first-order chi connectivity index (χ1) is 11.1. The molecule has 0 bridgehead atoms. The van der Waals surface area contributed by atoms with E-state index in [4.69, 9.17) is 0 Å². The Morgan fingerprint density at radius 3 is 2.30 bits per heavy atom. The third-order valence-electron chi connectivity index (χ3n) is 5.24. The van der Waals surface area contributed by atoms with Gasteiger partial charge in [0.25, 0.3) is 0 Å². The molecule has 2 nitrogen and oxygen atoms in total. The van der Waals surface area contributed by atoms with Gasteiger partial charge in [0.2, 0.25) is 0 Å². The second-order valence-electron chi connectivity index (χ2n) is 7.71. The second-order valence-corrected chi connectivity index (χ2v) is 7.71. The summed E-state index contributed by atoms with van der Waals surface area (Å²) < 4.78 is 0. The van der Waals surface area contributed by atoms with Crippen molar-refractivity contribution in [2.24, 2.45) is 5.92 Å². The molecule has 1 heterocycles. The number of nitrogens with one attached hydrogen (secondary N) is 1. The molecule has 1 aromatic carbocycles. The summed E-state index contributed by atoms with van der Waals surface area (Å²) in [5.41, 5.74) is 2.90. The van der Waals surface area contributed by atoms with Gasteiger partial charge in [-0.3, -0.25) is 4.90 Å². The lowest BCUT2D eigenvalue weighted by Crippen LogP contribution is -2.38. The van der Waals surface area contributed by atoms with Crippen LogP contribution in [0, 0.1) is 5.92 Å². The van der Waals surface area contributed by atoms with Crippen LogP contribution >= 0.6 is 0 Å². The van der Waals surface area contributed by atoms with E-state index in [1.165, 1.54) is 56.4 Å². The first-order valence-corrected chi connectivity index (χ1v) is 9.63. The molecule has 1 unspecified atom stereocenters. The third kappa shape index (κ3) is 6.27. The molecular formula is C21H36N2. The van der Waals surface area contributed by atoms with Crippen LogP contribution in [-0.2, 0) is 6.54 Å². The van der Waals surface area contributed by atoms with Crippen LogP contribution in [0.25, 0.3) is 0 Å². The maximum atomic E-state index is 3.72. The molecule has 0 aromatic heterocycles. The number of hydrogen-bond donors (Lipinski definition) is 1. The molecule has 2 rings (SSSR count). The molecule has 1 N–H and O–H groups in total. The van der Waals surface area contributed by atoms with Gasteiger partial charge < -0.3 is 5.32 Å². The lowest BCUT2D eigenvalue weighted by molar-refractivity contribution is 0.173. The molecule has 1 fully saturated rings. The van der Waals surface area contributed by atoms with Gasteiger partial charge in [-0.05, 0) is 68.8 Å². The topological polar surface area (TPSA) is 15.3 Å². The van der Waals surface area contributed by atoms with Crippen LogP contribution in [0.2, 0.25) is 0 Å². The third-order valence-corrected chi connectivity index (χ3v) is 5.24. The van der Waals surface area contributed by atoms with E-state index in [1.54, 1.807) is 0 Å².